The third kappa shape index (κ3) is 4.56. The van der Waals surface area contributed by atoms with E-state index in [9.17, 15) is 8.42 Å². The molecule has 1 aromatic rings. The van der Waals surface area contributed by atoms with Crippen molar-refractivity contribution in [2.45, 2.75) is 26.2 Å². The van der Waals surface area contributed by atoms with Crippen LogP contribution in [0.2, 0.25) is 0 Å². The fourth-order valence-electron chi connectivity index (χ4n) is 2.39. The minimum Gasteiger partial charge on any atom is -0.385 e. The number of sulfonamides is 1. The van der Waals surface area contributed by atoms with Gasteiger partial charge in [-0.15, -0.1) is 0 Å². The molecule has 0 fully saturated rings. The maximum Gasteiger partial charge on any atom is 0.229 e. The van der Waals surface area contributed by atoms with Crippen molar-refractivity contribution in [2.75, 3.05) is 22.8 Å². The highest BCUT2D eigenvalue weighted by Crippen LogP contribution is 2.22. The molecule has 2 rings (SSSR count). The van der Waals surface area contributed by atoms with Gasteiger partial charge in [0.05, 0.1) is 11.9 Å². The highest BCUT2D eigenvalue weighted by atomic mass is 32.2. The van der Waals surface area contributed by atoms with Crippen LogP contribution >= 0.6 is 0 Å². The molecule has 0 aliphatic heterocycles. The van der Waals surface area contributed by atoms with Crippen LogP contribution in [0.5, 0.6) is 0 Å². The summed E-state index contributed by atoms with van der Waals surface area (Å²) in [6.45, 7) is 2.87. The van der Waals surface area contributed by atoms with Gasteiger partial charge in [-0.2, -0.15) is 0 Å². The molecule has 0 bridgehead atoms. The minimum absolute atomic E-state index is 0.638. The van der Waals surface area contributed by atoms with Gasteiger partial charge in [-0.3, -0.25) is 4.72 Å². The van der Waals surface area contributed by atoms with Gasteiger partial charge in [-0.05, 0) is 55.9 Å². The first-order chi connectivity index (χ1) is 9.44. The predicted molar refractivity (Wildman–Crippen MR) is 84.6 cm³/mol. The molecule has 1 aliphatic carbocycles. The molecule has 1 aliphatic rings. The summed E-state index contributed by atoms with van der Waals surface area (Å²) in [6, 6.07) is 5.70. The molecule has 2 N–H and O–H groups in total. The van der Waals surface area contributed by atoms with Crippen LogP contribution in [0, 0.1) is 12.8 Å². The molecule has 20 heavy (non-hydrogen) atoms. The summed E-state index contributed by atoms with van der Waals surface area (Å²) in [5.41, 5.74) is 2.60. The van der Waals surface area contributed by atoms with Crippen LogP contribution in [0.4, 0.5) is 11.4 Å². The highest BCUT2D eigenvalue weighted by Gasteiger charge is 2.10. The van der Waals surface area contributed by atoms with Gasteiger partial charge in [-0.1, -0.05) is 12.2 Å². The third-order valence-electron chi connectivity index (χ3n) is 3.49. The van der Waals surface area contributed by atoms with E-state index in [0.29, 0.717) is 11.6 Å². The van der Waals surface area contributed by atoms with Gasteiger partial charge >= 0.3 is 0 Å². The Balaban J connectivity index is 1.96. The molecule has 0 amide bonds. The first-order valence-electron chi connectivity index (χ1n) is 6.91. The summed E-state index contributed by atoms with van der Waals surface area (Å²) in [5, 5.41) is 3.43. The molecule has 1 atom stereocenters. The lowest BCUT2D eigenvalue weighted by atomic mass is 9.94. The molecular weight excluding hydrogens is 272 g/mol. The van der Waals surface area contributed by atoms with Crippen molar-refractivity contribution >= 4 is 21.4 Å². The van der Waals surface area contributed by atoms with E-state index in [0.717, 1.165) is 30.5 Å². The van der Waals surface area contributed by atoms with E-state index in [-0.39, 0.29) is 0 Å². The second kappa shape index (κ2) is 6.31. The third-order valence-corrected chi connectivity index (χ3v) is 4.08. The van der Waals surface area contributed by atoms with Crippen LogP contribution < -0.4 is 10.0 Å². The number of aryl methyl sites for hydroxylation is 1. The summed E-state index contributed by atoms with van der Waals surface area (Å²) < 4.78 is 25.0. The molecule has 0 aromatic heterocycles. The molecule has 1 unspecified atom stereocenters. The zero-order valence-corrected chi connectivity index (χ0v) is 12.8. The summed E-state index contributed by atoms with van der Waals surface area (Å²) in [7, 11) is -3.22. The molecular formula is C15H22N2O2S. The van der Waals surface area contributed by atoms with Crippen molar-refractivity contribution in [1.29, 1.82) is 0 Å². The summed E-state index contributed by atoms with van der Waals surface area (Å²) in [6.07, 6.45) is 9.19. The van der Waals surface area contributed by atoms with E-state index in [4.69, 9.17) is 0 Å². The maximum absolute atomic E-state index is 11.2. The molecule has 0 saturated heterocycles. The lowest BCUT2D eigenvalue weighted by Gasteiger charge is -2.19. The smallest absolute Gasteiger partial charge is 0.229 e. The SMILES string of the molecule is Cc1cc(NCC2CC=CCC2)ccc1NS(C)(=O)=O. The van der Waals surface area contributed by atoms with Crippen LogP contribution in [0.25, 0.3) is 0 Å². The fraction of sp³-hybridized carbons (Fsp3) is 0.467. The van der Waals surface area contributed by atoms with E-state index < -0.39 is 10.0 Å². The summed E-state index contributed by atoms with van der Waals surface area (Å²) in [5.74, 6) is 0.689. The van der Waals surface area contributed by atoms with Crippen LogP contribution in [0.3, 0.4) is 0 Å². The van der Waals surface area contributed by atoms with E-state index in [1.807, 2.05) is 19.1 Å². The quantitative estimate of drug-likeness (QED) is 0.820. The molecule has 0 spiro atoms. The van der Waals surface area contributed by atoms with E-state index in [1.165, 1.54) is 12.8 Å². The predicted octanol–water partition coefficient (Wildman–Crippen LogP) is 3.13. The number of anilines is 2. The normalized spacial score (nSPS) is 18.8. The van der Waals surface area contributed by atoms with Crippen molar-refractivity contribution in [3.63, 3.8) is 0 Å². The van der Waals surface area contributed by atoms with Crippen LogP contribution in [-0.4, -0.2) is 21.2 Å². The molecule has 5 heteroatoms. The largest absolute Gasteiger partial charge is 0.385 e. The topological polar surface area (TPSA) is 58.2 Å². The minimum atomic E-state index is -3.22. The maximum atomic E-state index is 11.2. The second-order valence-corrected chi connectivity index (χ2v) is 7.18. The number of hydrogen-bond donors (Lipinski definition) is 2. The van der Waals surface area contributed by atoms with Gasteiger partial charge < -0.3 is 5.32 Å². The highest BCUT2D eigenvalue weighted by molar-refractivity contribution is 7.92. The molecule has 0 saturated carbocycles. The lowest BCUT2D eigenvalue weighted by Crippen LogP contribution is -2.15. The first kappa shape index (κ1) is 14.9. The van der Waals surface area contributed by atoms with Gasteiger partial charge in [0, 0.05) is 12.2 Å². The Kier molecular flexibility index (Phi) is 4.70. The monoisotopic (exact) mass is 294 g/mol. The Bertz CT molecular complexity index is 594. The Labute approximate surface area is 121 Å². The number of hydrogen-bond acceptors (Lipinski definition) is 3. The van der Waals surface area contributed by atoms with Gasteiger partial charge in [0.25, 0.3) is 0 Å². The zero-order valence-electron chi connectivity index (χ0n) is 12.0. The number of benzene rings is 1. The van der Waals surface area contributed by atoms with Crippen LogP contribution in [-0.2, 0) is 10.0 Å². The Morgan fingerprint density at radius 3 is 2.70 bits per heavy atom. The number of nitrogens with one attached hydrogen (secondary N) is 2. The van der Waals surface area contributed by atoms with E-state index >= 15 is 0 Å². The van der Waals surface area contributed by atoms with E-state index in [1.54, 1.807) is 6.07 Å². The van der Waals surface area contributed by atoms with Crippen molar-refractivity contribution in [2.24, 2.45) is 5.92 Å². The first-order valence-corrected chi connectivity index (χ1v) is 8.80. The average Bonchev–Trinajstić information content (AvgIpc) is 2.39. The molecule has 0 radical (unpaired) electrons. The molecule has 1 aromatic carbocycles. The number of allylic oxidation sites excluding steroid dienone is 2. The fourth-order valence-corrected chi connectivity index (χ4v) is 3.02. The molecule has 110 valence electrons. The average molecular weight is 294 g/mol. The van der Waals surface area contributed by atoms with Crippen molar-refractivity contribution < 1.29 is 8.42 Å². The summed E-state index contributed by atoms with van der Waals surface area (Å²) >= 11 is 0. The zero-order chi connectivity index (χ0) is 14.6. The molecule has 0 heterocycles. The Hall–Kier alpha value is -1.49. The van der Waals surface area contributed by atoms with Gasteiger partial charge in [0.15, 0.2) is 0 Å². The van der Waals surface area contributed by atoms with Crippen molar-refractivity contribution in [1.82, 2.24) is 0 Å². The van der Waals surface area contributed by atoms with Gasteiger partial charge in [0.1, 0.15) is 0 Å². The molecule has 4 nitrogen and oxygen atoms in total. The van der Waals surface area contributed by atoms with Crippen LogP contribution in [0.1, 0.15) is 24.8 Å². The van der Waals surface area contributed by atoms with E-state index in [2.05, 4.69) is 22.2 Å². The summed E-state index contributed by atoms with van der Waals surface area (Å²) in [4.78, 5) is 0. The lowest BCUT2D eigenvalue weighted by molar-refractivity contribution is 0.504. The standard InChI is InChI=1S/C15H22N2O2S/c1-12-10-14(8-9-15(12)17-20(2,18)19)16-11-13-6-4-3-5-7-13/h3-4,8-10,13,16-17H,5-7,11H2,1-2H3. The van der Waals surface area contributed by atoms with Crippen molar-refractivity contribution in [3.05, 3.63) is 35.9 Å². The Morgan fingerprint density at radius 1 is 1.30 bits per heavy atom. The van der Waals surface area contributed by atoms with Gasteiger partial charge in [-0.25, -0.2) is 8.42 Å². The second-order valence-electron chi connectivity index (χ2n) is 5.44. The van der Waals surface area contributed by atoms with Crippen molar-refractivity contribution in [3.8, 4) is 0 Å². The van der Waals surface area contributed by atoms with Gasteiger partial charge in [0.2, 0.25) is 10.0 Å². The Morgan fingerprint density at radius 2 is 2.10 bits per heavy atom. The van der Waals surface area contributed by atoms with Crippen LogP contribution in [0.15, 0.2) is 30.4 Å². The number of rotatable bonds is 5.